The Morgan fingerprint density at radius 2 is 2.38 bits per heavy atom. The van der Waals surface area contributed by atoms with E-state index >= 15 is 0 Å². The molecule has 1 N–H and O–H groups in total. The van der Waals surface area contributed by atoms with Gasteiger partial charge in [0.2, 0.25) is 0 Å². The van der Waals surface area contributed by atoms with Crippen LogP contribution in [0.5, 0.6) is 0 Å². The van der Waals surface area contributed by atoms with Crippen molar-refractivity contribution in [3.63, 3.8) is 0 Å². The number of carbonyl (C=O) groups excluding carboxylic acids is 1. The van der Waals surface area contributed by atoms with Gasteiger partial charge in [0, 0.05) is 11.5 Å². The van der Waals surface area contributed by atoms with Crippen molar-refractivity contribution in [3.8, 4) is 0 Å². The summed E-state index contributed by atoms with van der Waals surface area (Å²) in [5.41, 5.74) is 0.547. The number of fused-ring (bicyclic) bond motifs is 1. The molecule has 84 valence electrons. The lowest BCUT2D eigenvalue weighted by molar-refractivity contribution is -0.305. The van der Waals surface area contributed by atoms with Gasteiger partial charge in [-0.2, -0.15) is 4.52 Å². The Labute approximate surface area is 89.8 Å². The van der Waals surface area contributed by atoms with Crippen LogP contribution in [0, 0.1) is 6.92 Å². The second-order valence-electron chi connectivity index (χ2n) is 3.38. The first-order chi connectivity index (χ1) is 7.59. The summed E-state index contributed by atoms with van der Waals surface area (Å²) in [6, 6.07) is 0. The van der Waals surface area contributed by atoms with E-state index in [2.05, 4.69) is 15.1 Å². The minimum absolute atomic E-state index is 0.113. The highest BCUT2D eigenvalue weighted by Crippen LogP contribution is 2.03. The van der Waals surface area contributed by atoms with E-state index < -0.39 is 5.97 Å². The fraction of sp³-hybridized carbons (Fsp3) is 0.333. The number of aromatic amines is 1. The molecule has 0 aliphatic carbocycles. The van der Waals surface area contributed by atoms with E-state index in [0.717, 1.165) is 0 Å². The normalized spacial score (nSPS) is 10.8. The van der Waals surface area contributed by atoms with Gasteiger partial charge < -0.3 is 9.90 Å². The molecule has 2 aromatic rings. The number of hydrogen-bond donors (Lipinski definition) is 1. The molecule has 0 amide bonds. The number of aromatic nitrogens is 4. The molecule has 0 aliphatic heterocycles. The van der Waals surface area contributed by atoms with Crippen molar-refractivity contribution >= 4 is 11.7 Å². The highest BCUT2D eigenvalue weighted by Gasteiger charge is 2.10. The number of hydrogen-bond acceptors (Lipinski definition) is 5. The summed E-state index contributed by atoms with van der Waals surface area (Å²) in [4.78, 5) is 30.1. The summed E-state index contributed by atoms with van der Waals surface area (Å²) in [5.74, 6) is -0.909. The van der Waals surface area contributed by atoms with Crippen molar-refractivity contribution in [2.75, 3.05) is 0 Å². The monoisotopic (exact) mass is 221 g/mol. The Kier molecular flexibility index (Phi) is 2.43. The second kappa shape index (κ2) is 3.76. The highest BCUT2D eigenvalue weighted by molar-refractivity contribution is 5.64. The molecule has 0 radical (unpaired) electrons. The van der Waals surface area contributed by atoms with Crippen LogP contribution in [0.4, 0.5) is 0 Å². The molecule has 0 spiro atoms. The van der Waals surface area contributed by atoms with E-state index in [9.17, 15) is 14.7 Å². The van der Waals surface area contributed by atoms with Crippen molar-refractivity contribution in [2.45, 2.75) is 19.8 Å². The zero-order valence-corrected chi connectivity index (χ0v) is 8.56. The van der Waals surface area contributed by atoms with Gasteiger partial charge in [0.1, 0.15) is 6.33 Å². The molecular formula is C9H9N4O3-. The lowest BCUT2D eigenvalue weighted by Gasteiger charge is -2.04. The number of carboxylic acids is 1. The Morgan fingerprint density at radius 1 is 1.62 bits per heavy atom. The minimum Gasteiger partial charge on any atom is -0.550 e. The number of carboxylic acid groups (broad SMARTS) is 1. The lowest BCUT2D eigenvalue weighted by atomic mass is 10.1. The van der Waals surface area contributed by atoms with Crippen LogP contribution in [0.15, 0.2) is 11.1 Å². The Hall–Kier alpha value is -2.18. The third kappa shape index (κ3) is 1.67. The maximum absolute atomic E-state index is 11.9. The first-order valence-corrected chi connectivity index (χ1v) is 4.71. The van der Waals surface area contributed by atoms with Gasteiger partial charge in [-0.3, -0.25) is 9.89 Å². The SMILES string of the molecule is Cc1nc2nc[nH]n2c(=O)c1CCC(=O)[O-]. The molecular weight excluding hydrogens is 212 g/mol. The second-order valence-corrected chi connectivity index (χ2v) is 3.38. The zero-order chi connectivity index (χ0) is 11.7. The molecule has 0 aromatic carbocycles. The first kappa shape index (κ1) is 10.3. The van der Waals surface area contributed by atoms with Gasteiger partial charge in [-0.05, 0) is 19.8 Å². The number of aryl methyl sites for hydroxylation is 1. The Bertz CT molecular complexity index is 598. The van der Waals surface area contributed by atoms with Crippen LogP contribution in [-0.4, -0.2) is 25.6 Å². The third-order valence-corrected chi connectivity index (χ3v) is 2.31. The molecule has 0 saturated heterocycles. The first-order valence-electron chi connectivity index (χ1n) is 4.71. The number of aliphatic carboxylic acids is 1. The fourth-order valence-electron chi connectivity index (χ4n) is 1.51. The lowest BCUT2D eigenvalue weighted by Crippen LogP contribution is -2.26. The number of nitrogens with zero attached hydrogens (tertiary/aromatic N) is 3. The van der Waals surface area contributed by atoms with Crippen LogP contribution < -0.4 is 10.7 Å². The third-order valence-electron chi connectivity index (χ3n) is 2.31. The van der Waals surface area contributed by atoms with Crippen molar-refractivity contribution in [1.82, 2.24) is 19.6 Å². The number of nitrogens with one attached hydrogen (secondary N) is 1. The van der Waals surface area contributed by atoms with Crippen molar-refractivity contribution in [2.24, 2.45) is 0 Å². The average Bonchev–Trinajstić information content (AvgIpc) is 2.64. The van der Waals surface area contributed by atoms with Gasteiger partial charge in [-0.15, -0.1) is 0 Å². The van der Waals surface area contributed by atoms with E-state index in [1.165, 1.54) is 10.8 Å². The van der Waals surface area contributed by atoms with Gasteiger partial charge in [0.15, 0.2) is 0 Å². The topological polar surface area (TPSA) is 103 Å². The zero-order valence-electron chi connectivity index (χ0n) is 8.56. The molecule has 2 rings (SSSR count). The van der Waals surface area contributed by atoms with Gasteiger partial charge in [-0.1, -0.05) is 0 Å². The quantitative estimate of drug-likeness (QED) is 0.672. The van der Waals surface area contributed by atoms with Crippen LogP contribution in [0.2, 0.25) is 0 Å². The maximum atomic E-state index is 11.9. The van der Waals surface area contributed by atoms with Gasteiger partial charge in [0.25, 0.3) is 11.3 Å². The van der Waals surface area contributed by atoms with E-state index in [-0.39, 0.29) is 24.2 Å². The summed E-state index contributed by atoms with van der Waals surface area (Å²) < 4.78 is 1.18. The Morgan fingerprint density at radius 3 is 3.06 bits per heavy atom. The Balaban J connectivity index is 2.51. The molecule has 7 heteroatoms. The summed E-state index contributed by atoms with van der Waals surface area (Å²) in [7, 11) is 0. The van der Waals surface area contributed by atoms with E-state index in [4.69, 9.17) is 0 Å². The van der Waals surface area contributed by atoms with E-state index in [1.54, 1.807) is 6.92 Å². The predicted octanol–water partition coefficient (Wildman–Crippen LogP) is -1.59. The number of H-pyrrole nitrogens is 1. The molecule has 16 heavy (non-hydrogen) atoms. The van der Waals surface area contributed by atoms with Crippen LogP contribution in [-0.2, 0) is 11.2 Å². The standard InChI is InChI=1S/C9H10N4O3/c1-5-6(2-3-7(14)15)8(16)13-9(12-5)10-4-11-13/h4H,2-3H2,1H3,(H,14,15)(H,10,11,12)/p-1. The van der Waals surface area contributed by atoms with Gasteiger partial charge in [0.05, 0.1) is 5.69 Å². The smallest absolute Gasteiger partial charge is 0.277 e. The summed E-state index contributed by atoms with van der Waals surface area (Å²) >= 11 is 0. The van der Waals surface area contributed by atoms with Gasteiger partial charge in [-0.25, -0.2) is 9.97 Å². The van der Waals surface area contributed by atoms with Crippen LogP contribution in [0.1, 0.15) is 17.7 Å². The van der Waals surface area contributed by atoms with Gasteiger partial charge >= 0.3 is 0 Å². The van der Waals surface area contributed by atoms with E-state index in [1.807, 2.05) is 0 Å². The molecule has 0 atom stereocenters. The number of rotatable bonds is 3. The fourth-order valence-corrected chi connectivity index (χ4v) is 1.51. The largest absolute Gasteiger partial charge is 0.550 e. The van der Waals surface area contributed by atoms with Crippen molar-refractivity contribution in [3.05, 3.63) is 27.9 Å². The van der Waals surface area contributed by atoms with Crippen molar-refractivity contribution < 1.29 is 9.90 Å². The molecule has 0 fully saturated rings. The molecule has 0 saturated carbocycles. The van der Waals surface area contributed by atoms with Crippen LogP contribution in [0.25, 0.3) is 5.78 Å². The molecule has 0 bridgehead atoms. The summed E-state index contributed by atoms with van der Waals surface area (Å²) in [6.07, 6.45) is 1.27. The van der Waals surface area contributed by atoms with E-state index in [0.29, 0.717) is 11.3 Å². The predicted molar refractivity (Wildman–Crippen MR) is 51.7 cm³/mol. The van der Waals surface area contributed by atoms with Crippen LogP contribution in [0.3, 0.4) is 0 Å². The molecule has 2 heterocycles. The van der Waals surface area contributed by atoms with Crippen molar-refractivity contribution in [1.29, 1.82) is 0 Å². The molecule has 7 nitrogen and oxygen atoms in total. The maximum Gasteiger partial charge on any atom is 0.277 e. The van der Waals surface area contributed by atoms with Crippen LogP contribution >= 0.6 is 0 Å². The summed E-state index contributed by atoms with van der Waals surface area (Å²) in [6.45, 7) is 1.65. The average molecular weight is 221 g/mol. The molecule has 0 unspecified atom stereocenters. The molecule has 2 aromatic heterocycles. The minimum atomic E-state index is -1.19. The molecule has 0 aliphatic rings. The number of carbonyl (C=O) groups is 1. The highest BCUT2D eigenvalue weighted by atomic mass is 16.4. The summed E-state index contributed by atoms with van der Waals surface area (Å²) in [5, 5.41) is 13.0.